The lowest BCUT2D eigenvalue weighted by molar-refractivity contribution is -0.104. The maximum atomic E-state index is 13.1. The summed E-state index contributed by atoms with van der Waals surface area (Å²) in [6.45, 7) is 2.04. The van der Waals surface area contributed by atoms with Crippen LogP contribution in [0.4, 0.5) is 27.5 Å². The van der Waals surface area contributed by atoms with Crippen molar-refractivity contribution in [2.24, 2.45) is 5.73 Å². The molecule has 2 heterocycles. The van der Waals surface area contributed by atoms with E-state index in [0.29, 0.717) is 43.0 Å². The molecule has 1 aliphatic heterocycles. The summed E-state index contributed by atoms with van der Waals surface area (Å²) in [6.07, 6.45) is 6.56. The first-order valence-corrected chi connectivity index (χ1v) is 12.1. The van der Waals surface area contributed by atoms with E-state index >= 15 is 0 Å². The van der Waals surface area contributed by atoms with Gasteiger partial charge >= 0.3 is 0 Å². The van der Waals surface area contributed by atoms with Gasteiger partial charge in [-0.3, -0.25) is 15.1 Å². The van der Waals surface area contributed by atoms with Gasteiger partial charge in [0.25, 0.3) is 5.91 Å². The number of nitrogens with zero attached hydrogens (tertiary/aromatic N) is 4. The lowest BCUT2D eigenvalue weighted by atomic mass is 10.0. The summed E-state index contributed by atoms with van der Waals surface area (Å²) in [4.78, 5) is 25.8. The Kier molecular flexibility index (Phi) is 8.42. The molecule has 2 aromatic carbocycles. The summed E-state index contributed by atoms with van der Waals surface area (Å²) < 4.78 is 13.1. The van der Waals surface area contributed by atoms with Crippen molar-refractivity contribution < 1.29 is 14.6 Å². The van der Waals surface area contributed by atoms with Crippen LogP contribution in [0, 0.1) is 5.82 Å². The summed E-state index contributed by atoms with van der Waals surface area (Å²) in [7, 11) is 2.04. The number of anilines is 4. The quantitative estimate of drug-likeness (QED) is 0.330. The Balaban J connectivity index is 1.30. The lowest BCUT2D eigenvalue weighted by Crippen LogP contribution is -2.46. The Labute approximate surface area is 215 Å². The van der Waals surface area contributed by atoms with Crippen molar-refractivity contribution in [1.29, 1.82) is 0 Å². The van der Waals surface area contributed by atoms with E-state index in [1.807, 2.05) is 24.1 Å². The molecule has 0 spiro atoms. The Morgan fingerprint density at radius 2 is 1.76 bits per heavy atom. The van der Waals surface area contributed by atoms with Gasteiger partial charge in [-0.2, -0.15) is 4.98 Å². The largest absolute Gasteiger partial charge is 0.401 e. The van der Waals surface area contributed by atoms with Crippen LogP contribution in [0.15, 0.2) is 72.6 Å². The maximum Gasteiger partial charge on any atom is 0.253 e. The van der Waals surface area contributed by atoms with E-state index in [-0.39, 0.29) is 11.7 Å². The van der Waals surface area contributed by atoms with Gasteiger partial charge in [0, 0.05) is 60.6 Å². The molecule has 37 heavy (non-hydrogen) atoms. The molecular weight excluding hydrogens is 471 g/mol. The molecule has 1 aliphatic rings. The number of likely N-dealkylation sites (tertiary alicyclic amines) is 1. The van der Waals surface area contributed by atoms with E-state index in [0.717, 1.165) is 29.9 Å². The minimum absolute atomic E-state index is 0.0199. The minimum atomic E-state index is -0.300. The highest BCUT2D eigenvalue weighted by molar-refractivity contribution is 5.94. The van der Waals surface area contributed by atoms with Crippen LogP contribution >= 0.6 is 0 Å². The highest BCUT2D eigenvalue weighted by Gasteiger charge is 2.26. The van der Waals surface area contributed by atoms with Crippen LogP contribution in [0.3, 0.4) is 0 Å². The Bertz CT molecular complexity index is 1240. The molecule has 9 nitrogen and oxygen atoms in total. The van der Waals surface area contributed by atoms with Gasteiger partial charge in [-0.1, -0.05) is 0 Å². The number of piperidine rings is 1. The number of aromatic nitrogens is 2. The van der Waals surface area contributed by atoms with Crippen molar-refractivity contribution >= 4 is 35.3 Å². The molecule has 10 heteroatoms. The normalized spacial score (nSPS) is 14.5. The van der Waals surface area contributed by atoms with Crippen LogP contribution in [0.2, 0.25) is 0 Å². The molecule has 1 amide bonds. The third-order valence-electron chi connectivity index (χ3n) is 6.28. The van der Waals surface area contributed by atoms with E-state index in [4.69, 9.17) is 11.1 Å². The molecule has 192 valence electrons. The number of carbonyl (C=O) groups excluding carboxylic acids is 1. The van der Waals surface area contributed by atoms with Gasteiger partial charge in [0.05, 0.1) is 0 Å². The van der Waals surface area contributed by atoms with Gasteiger partial charge in [0.2, 0.25) is 5.95 Å². The molecule has 0 unspecified atom stereocenters. The predicted octanol–water partition coefficient (Wildman–Crippen LogP) is 2.31. The highest BCUT2D eigenvalue weighted by atomic mass is 19.1. The first-order valence-electron chi connectivity index (χ1n) is 12.1. The van der Waals surface area contributed by atoms with Crippen molar-refractivity contribution in [2.45, 2.75) is 18.9 Å². The fourth-order valence-corrected chi connectivity index (χ4v) is 4.28. The number of hydrogen-bond donors (Lipinski definition) is 4. The molecule has 0 radical (unpaired) electrons. The molecule has 0 atom stereocenters. The molecule has 0 saturated carbocycles. The number of allylic oxidation sites excluding steroid dienone is 1. The van der Waals surface area contributed by atoms with E-state index in [1.165, 1.54) is 18.3 Å². The second-order valence-corrected chi connectivity index (χ2v) is 8.97. The molecule has 0 bridgehead atoms. The number of nitrogens with two attached hydrogens (primary N) is 2. The van der Waals surface area contributed by atoms with Crippen molar-refractivity contribution in [3.8, 4) is 0 Å². The second-order valence-electron chi connectivity index (χ2n) is 8.97. The fraction of sp³-hybridized carbons (Fsp3) is 0.259. The number of likely N-dealkylation sites (N-methyl/N-ethyl adjacent to an activating group) is 1. The van der Waals surface area contributed by atoms with Crippen LogP contribution in [-0.4, -0.2) is 64.6 Å². The van der Waals surface area contributed by atoms with Gasteiger partial charge < -0.3 is 21.3 Å². The van der Waals surface area contributed by atoms with E-state index in [2.05, 4.69) is 25.5 Å². The van der Waals surface area contributed by atoms with Crippen molar-refractivity contribution in [2.75, 3.05) is 37.3 Å². The minimum Gasteiger partial charge on any atom is -0.401 e. The molecule has 1 aromatic heterocycles. The topological polar surface area (TPSA) is 125 Å². The zero-order valence-electron chi connectivity index (χ0n) is 20.8. The molecular formula is C27H32FN8O+. The first kappa shape index (κ1) is 25.8. The average Bonchev–Trinajstić information content (AvgIpc) is 2.90. The maximum absolute atomic E-state index is 13.1. The van der Waals surface area contributed by atoms with E-state index < -0.39 is 0 Å². The van der Waals surface area contributed by atoms with Crippen LogP contribution < -0.4 is 21.8 Å². The number of rotatable bonds is 9. The molecule has 0 aliphatic carbocycles. The molecule has 1 saturated heterocycles. The first-order chi connectivity index (χ1) is 17.9. The number of hydrogen-bond acceptors (Lipinski definition) is 7. The number of amides is 1. The number of nitrogens with one attached hydrogen (secondary N) is 2. The van der Waals surface area contributed by atoms with Crippen LogP contribution in [0.25, 0.3) is 0 Å². The molecule has 1 fully saturated rings. The highest BCUT2D eigenvalue weighted by Crippen LogP contribution is 2.21. The smallest absolute Gasteiger partial charge is 0.253 e. The molecule has 6 N–H and O–H groups in total. The standard InChI is InChI=1S/C27H31FN8O/c1-35(18-21(30)10-14-29)24-12-16-36(17-13-24)26(37)19-2-6-23(7-3-19)33-27-31-15-11-25(34-27)32-22-8-4-20(28)5-9-22/h2-11,14-15,24,29H,12-13,16-18,30H2,1H3,(H2,31,32,33,34)/p+1. The number of halogens is 1. The number of carbonyl (C=O) groups is 1. The average molecular weight is 504 g/mol. The zero-order valence-corrected chi connectivity index (χ0v) is 20.8. The Hall–Kier alpha value is -4.31. The third-order valence-corrected chi connectivity index (χ3v) is 6.28. The van der Waals surface area contributed by atoms with Gasteiger partial charge in [-0.15, -0.1) is 0 Å². The van der Waals surface area contributed by atoms with Gasteiger partial charge in [0.1, 0.15) is 11.6 Å². The predicted molar refractivity (Wildman–Crippen MR) is 143 cm³/mol. The summed E-state index contributed by atoms with van der Waals surface area (Å²) in [6, 6.07) is 15.4. The summed E-state index contributed by atoms with van der Waals surface area (Å²) in [5.74, 6) is 0.691. The van der Waals surface area contributed by atoms with Crippen molar-refractivity contribution in [3.63, 3.8) is 0 Å². The summed E-state index contributed by atoms with van der Waals surface area (Å²) in [5.41, 5.74) is 8.80. The van der Waals surface area contributed by atoms with Crippen LogP contribution in [0.1, 0.15) is 23.2 Å². The Morgan fingerprint density at radius 3 is 2.43 bits per heavy atom. The summed E-state index contributed by atoms with van der Waals surface area (Å²) in [5, 5.41) is 11.7. The van der Waals surface area contributed by atoms with Crippen LogP contribution in [-0.2, 0) is 0 Å². The fourth-order valence-electron chi connectivity index (χ4n) is 4.28. The lowest BCUT2D eigenvalue weighted by Gasteiger charge is -2.36. The van der Waals surface area contributed by atoms with Gasteiger partial charge in [-0.05, 0) is 74.5 Å². The third kappa shape index (κ3) is 7.11. The Morgan fingerprint density at radius 1 is 1.11 bits per heavy atom. The summed E-state index contributed by atoms with van der Waals surface area (Å²) >= 11 is 0. The van der Waals surface area contributed by atoms with Crippen molar-refractivity contribution in [3.05, 3.63) is 83.9 Å². The second kappa shape index (κ2) is 12.1. The number of benzene rings is 2. The zero-order chi connectivity index (χ0) is 26.2. The van der Waals surface area contributed by atoms with Gasteiger partial charge in [0.15, 0.2) is 6.21 Å². The monoisotopic (exact) mass is 503 g/mol. The SMILES string of the molecule is CN(CC(N)=CC=[NH2+])C1CCN(C(=O)c2ccc(Nc3nccc(Nc4ccc(F)cc4)n3)cc2)CC1. The van der Waals surface area contributed by atoms with Crippen molar-refractivity contribution in [1.82, 2.24) is 19.8 Å². The molecule has 4 rings (SSSR count). The van der Waals surface area contributed by atoms with E-state index in [9.17, 15) is 9.18 Å². The van der Waals surface area contributed by atoms with Crippen LogP contribution in [0.5, 0.6) is 0 Å². The van der Waals surface area contributed by atoms with Gasteiger partial charge in [-0.25, -0.2) is 9.37 Å². The van der Waals surface area contributed by atoms with E-state index in [1.54, 1.807) is 42.6 Å². The molecule has 3 aromatic rings.